The molecule has 1 aromatic rings. The minimum absolute atomic E-state index is 0.0844. The molecule has 21 heavy (non-hydrogen) atoms. The maximum Gasteiger partial charge on any atom is 0.0729 e. The van der Waals surface area contributed by atoms with E-state index < -0.39 is 0 Å². The van der Waals surface area contributed by atoms with E-state index in [1.807, 2.05) is 11.3 Å². The monoisotopic (exact) mass is 309 g/mol. The molecule has 118 valence electrons. The van der Waals surface area contributed by atoms with Crippen LogP contribution in [0.3, 0.4) is 0 Å². The van der Waals surface area contributed by atoms with Crippen molar-refractivity contribution in [2.75, 3.05) is 26.9 Å². The van der Waals surface area contributed by atoms with Crippen LogP contribution in [-0.2, 0) is 15.9 Å². The molecule has 0 amide bonds. The molecule has 1 aromatic heterocycles. The summed E-state index contributed by atoms with van der Waals surface area (Å²) in [4.78, 5) is 2.97. The zero-order valence-electron chi connectivity index (χ0n) is 13.2. The van der Waals surface area contributed by atoms with Gasteiger partial charge in [0.15, 0.2) is 0 Å². The summed E-state index contributed by atoms with van der Waals surface area (Å²) in [5.41, 5.74) is 0.0844. The molecule has 0 aliphatic carbocycles. The lowest BCUT2D eigenvalue weighted by Gasteiger charge is -2.45. The second-order valence-corrected chi connectivity index (χ2v) is 7.52. The SMILES string of the molecule is CCc1ccc(C(NC)C2CCOC3(CCOCC3)C2)s1. The van der Waals surface area contributed by atoms with Gasteiger partial charge in [0.1, 0.15) is 0 Å². The van der Waals surface area contributed by atoms with Crippen LogP contribution in [0.1, 0.15) is 48.4 Å². The molecule has 2 fully saturated rings. The summed E-state index contributed by atoms with van der Waals surface area (Å²) in [5, 5.41) is 3.57. The van der Waals surface area contributed by atoms with Gasteiger partial charge in [-0.3, -0.25) is 0 Å². The van der Waals surface area contributed by atoms with Crippen LogP contribution >= 0.6 is 11.3 Å². The second-order valence-electron chi connectivity index (χ2n) is 6.32. The van der Waals surface area contributed by atoms with Crippen molar-refractivity contribution in [2.45, 2.75) is 50.7 Å². The van der Waals surface area contributed by atoms with Gasteiger partial charge in [-0.15, -0.1) is 11.3 Å². The predicted octanol–water partition coefficient (Wildman–Crippen LogP) is 3.55. The van der Waals surface area contributed by atoms with Gasteiger partial charge in [0.2, 0.25) is 0 Å². The average Bonchev–Trinajstić information content (AvgIpc) is 2.98. The first-order chi connectivity index (χ1) is 10.3. The fraction of sp³-hybridized carbons (Fsp3) is 0.765. The number of ether oxygens (including phenoxy) is 2. The normalized spacial score (nSPS) is 26.9. The van der Waals surface area contributed by atoms with E-state index in [0.29, 0.717) is 12.0 Å². The fourth-order valence-electron chi connectivity index (χ4n) is 3.80. The Hall–Kier alpha value is -0.420. The predicted molar refractivity (Wildman–Crippen MR) is 87.0 cm³/mol. The van der Waals surface area contributed by atoms with Crippen molar-refractivity contribution in [1.82, 2.24) is 5.32 Å². The highest BCUT2D eigenvalue weighted by Gasteiger charge is 2.41. The maximum absolute atomic E-state index is 6.19. The van der Waals surface area contributed by atoms with Crippen molar-refractivity contribution in [3.05, 3.63) is 21.9 Å². The molecule has 2 aliphatic rings. The second kappa shape index (κ2) is 6.78. The molecule has 4 heteroatoms. The molecule has 0 aromatic carbocycles. The Morgan fingerprint density at radius 2 is 2.14 bits per heavy atom. The molecule has 2 aliphatic heterocycles. The summed E-state index contributed by atoms with van der Waals surface area (Å²) in [5.74, 6) is 0.671. The van der Waals surface area contributed by atoms with Crippen molar-refractivity contribution < 1.29 is 9.47 Å². The number of hydrogen-bond donors (Lipinski definition) is 1. The van der Waals surface area contributed by atoms with Crippen molar-refractivity contribution in [2.24, 2.45) is 5.92 Å². The maximum atomic E-state index is 6.19. The highest BCUT2D eigenvalue weighted by molar-refractivity contribution is 7.12. The molecule has 1 N–H and O–H groups in total. The Morgan fingerprint density at radius 1 is 1.33 bits per heavy atom. The summed E-state index contributed by atoms with van der Waals surface area (Å²) in [6, 6.07) is 5.07. The highest BCUT2D eigenvalue weighted by Crippen LogP contribution is 2.42. The summed E-state index contributed by atoms with van der Waals surface area (Å²) in [6.45, 7) is 4.84. The van der Waals surface area contributed by atoms with E-state index in [1.165, 1.54) is 16.2 Å². The van der Waals surface area contributed by atoms with E-state index in [-0.39, 0.29) is 5.60 Å². The van der Waals surface area contributed by atoms with Crippen LogP contribution in [0.15, 0.2) is 12.1 Å². The molecule has 3 heterocycles. The van der Waals surface area contributed by atoms with Crippen LogP contribution in [0, 0.1) is 5.92 Å². The van der Waals surface area contributed by atoms with Gasteiger partial charge in [-0.2, -0.15) is 0 Å². The first-order valence-corrected chi connectivity index (χ1v) is 9.05. The van der Waals surface area contributed by atoms with Crippen LogP contribution in [0.2, 0.25) is 0 Å². The number of nitrogens with one attached hydrogen (secondary N) is 1. The Kier molecular flexibility index (Phi) is 4.99. The quantitative estimate of drug-likeness (QED) is 0.922. The smallest absolute Gasteiger partial charge is 0.0729 e. The Balaban J connectivity index is 1.73. The third kappa shape index (κ3) is 3.34. The van der Waals surface area contributed by atoms with Crippen LogP contribution in [0.4, 0.5) is 0 Å². The summed E-state index contributed by atoms with van der Waals surface area (Å²) >= 11 is 1.97. The number of rotatable bonds is 4. The van der Waals surface area contributed by atoms with Crippen LogP contribution in [0.25, 0.3) is 0 Å². The Morgan fingerprint density at radius 3 is 2.81 bits per heavy atom. The van der Waals surface area contributed by atoms with Crippen molar-refractivity contribution in [1.29, 1.82) is 0 Å². The van der Waals surface area contributed by atoms with Crippen LogP contribution < -0.4 is 5.32 Å². The van der Waals surface area contributed by atoms with Gasteiger partial charge in [-0.05, 0) is 57.2 Å². The molecular weight excluding hydrogens is 282 g/mol. The zero-order valence-corrected chi connectivity index (χ0v) is 14.0. The van der Waals surface area contributed by atoms with Crippen LogP contribution in [-0.4, -0.2) is 32.5 Å². The lowest BCUT2D eigenvalue weighted by Crippen LogP contribution is -2.46. The standard InChI is InChI=1S/C17H27NO2S/c1-3-14-4-5-15(21-14)16(18-2)13-6-9-20-17(12-13)7-10-19-11-8-17/h4-5,13,16,18H,3,6-12H2,1-2H3. The van der Waals surface area contributed by atoms with E-state index >= 15 is 0 Å². The Bertz CT molecular complexity index is 448. The minimum atomic E-state index is 0.0844. The summed E-state index contributed by atoms with van der Waals surface area (Å²) in [6.07, 6.45) is 5.58. The largest absolute Gasteiger partial charge is 0.381 e. The Labute approximate surface area is 132 Å². The molecule has 0 saturated carbocycles. The lowest BCUT2D eigenvalue weighted by atomic mass is 9.77. The molecule has 0 radical (unpaired) electrons. The molecule has 0 bridgehead atoms. The summed E-state index contributed by atoms with van der Waals surface area (Å²) < 4.78 is 11.7. The topological polar surface area (TPSA) is 30.5 Å². The van der Waals surface area contributed by atoms with Gasteiger partial charge in [-0.1, -0.05) is 6.92 Å². The van der Waals surface area contributed by atoms with Gasteiger partial charge >= 0.3 is 0 Å². The third-order valence-electron chi connectivity index (χ3n) is 5.05. The summed E-state index contributed by atoms with van der Waals surface area (Å²) in [7, 11) is 2.10. The van der Waals surface area contributed by atoms with Gasteiger partial charge in [0.05, 0.1) is 5.60 Å². The number of thiophene rings is 1. The van der Waals surface area contributed by atoms with Gasteiger partial charge in [0.25, 0.3) is 0 Å². The van der Waals surface area contributed by atoms with Gasteiger partial charge in [0, 0.05) is 35.6 Å². The van der Waals surface area contributed by atoms with E-state index in [9.17, 15) is 0 Å². The van der Waals surface area contributed by atoms with Crippen molar-refractivity contribution in [3.8, 4) is 0 Å². The molecule has 2 atom stereocenters. The van der Waals surface area contributed by atoms with E-state index in [1.54, 1.807) is 0 Å². The molecule has 2 unspecified atom stereocenters. The van der Waals surface area contributed by atoms with E-state index in [2.05, 4.69) is 31.4 Å². The first-order valence-electron chi connectivity index (χ1n) is 8.24. The minimum Gasteiger partial charge on any atom is -0.381 e. The van der Waals surface area contributed by atoms with Crippen LogP contribution in [0.5, 0.6) is 0 Å². The first kappa shape index (κ1) is 15.5. The highest BCUT2D eigenvalue weighted by atomic mass is 32.1. The lowest BCUT2D eigenvalue weighted by molar-refractivity contribution is -0.150. The van der Waals surface area contributed by atoms with Crippen molar-refractivity contribution >= 4 is 11.3 Å². The van der Waals surface area contributed by atoms with E-state index in [4.69, 9.17) is 9.47 Å². The molecule has 2 saturated heterocycles. The third-order valence-corrected chi connectivity index (χ3v) is 6.37. The van der Waals surface area contributed by atoms with Crippen molar-refractivity contribution in [3.63, 3.8) is 0 Å². The molecule has 3 rings (SSSR count). The molecule has 3 nitrogen and oxygen atoms in total. The number of hydrogen-bond acceptors (Lipinski definition) is 4. The zero-order chi connectivity index (χ0) is 14.7. The fourth-order valence-corrected chi connectivity index (χ4v) is 4.96. The number of aryl methyl sites for hydroxylation is 1. The van der Waals surface area contributed by atoms with Gasteiger partial charge < -0.3 is 14.8 Å². The molecular formula is C17H27NO2S. The average molecular weight is 309 g/mol. The van der Waals surface area contributed by atoms with Gasteiger partial charge in [-0.25, -0.2) is 0 Å². The molecule has 1 spiro atoms. The van der Waals surface area contributed by atoms with E-state index in [0.717, 1.165) is 45.5 Å².